The fourth-order valence-corrected chi connectivity index (χ4v) is 3.66. The highest BCUT2D eigenvalue weighted by atomic mass is 16.2. The monoisotopic (exact) mass is 350 g/mol. The number of nitrogens with one attached hydrogen (secondary N) is 1. The molecule has 4 heterocycles. The average molecular weight is 350 g/mol. The van der Waals surface area contributed by atoms with E-state index in [9.17, 15) is 4.79 Å². The van der Waals surface area contributed by atoms with Crippen LogP contribution in [0.25, 0.3) is 11.1 Å². The Balaban J connectivity index is 1.53. The van der Waals surface area contributed by atoms with E-state index in [4.69, 9.17) is 0 Å². The number of amides is 1. The van der Waals surface area contributed by atoms with Crippen LogP contribution in [-0.2, 0) is 18.3 Å². The molecule has 7 heteroatoms. The number of aryl methyl sites for hydroxylation is 3. The Bertz CT molecular complexity index is 943. The minimum Gasteiger partial charge on any atom is -0.297 e. The molecule has 0 aliphatic carbocycles. The molecule has 134 valence electrons. The van der Waals surface area contributed by atoms with Crippen LogP contribution in [-0.4, -0.2) is 37.4 Å². The summed E-state index contributed by atoms with van der Waals surface area (Å²) in [6.07, 6.45) is 5.18. The van der Waals surface area contributed by atoms with Gasteiger partial charge in [-0.2, -0.15) is 10.2 Å². The molecule has 1 amide bonds. The molecule has 1 aliphatic rings. The van der Waals surface area contributed by atoms with E-state index in [0.717, 1.165) is 46.9 Å². The molecule has 1 unspecified atom stereocenters. The maximum atomic E-state index is 12.9. The summed E-state index contributed by atoms with van der Waals surface area (Å²) in [5.41, 5.74) is 5.00. The normalized spacial score (nSPS) is 17.3. The van der Waals surface area contributed by atoms with Gasteiger partial charge in [0.1, 0.15) is 5.82 Å². The van der Waals surface area contributed by atoms with E-state index in [1.165, 1.54) is 0 Å². The molecule has 1 atom stereocenters. The van der Waals surface area contributed by atoms with Gasteiger partial charge in [-0.3, -0.25) is 19.5 Å². The fraction of sp³-hybridized carbons (Fsp3) is 0.368. The molecule has 26 heavy (non-hydrogen) atoms. The highest BCUT2D eigenvalue weighted by Crippen LogP contribution is 2.29. The van der Waals surface area contributed by atoms with E-state index in [-0.39, 0.29) is 11.8 Å². The smallest absolute Gasteiger partial charge is 0.231 e. The van der Waals surface area contributed by atoms with Gasteiger partial charge in [0.2, 0.25) is 5.91 Å². The molecule has 1 N–H and O–H groups in total. The molecular weight excluding hydrogens is 328 g/mol. The molecule has 3 aromatic heterocycles. The molecular formula is C19H22N6O. The van der Waals surface area contributed by atoms with Crippen LogP contribution in [0, 0.1) is 19.8 Å². The Morgan fingerprint density at radius 1 is 1.31 bits per heavy atom. The van der Waals surface area contributed by atoms with E-state index in [1.54, 1.807) is 11.1 Å². The van der Waals surface area contributed by atoms with Crippen molar-refractivity contribution in [3.05, 3.63) is 47.7 Å². The lowest BCUT2D eigenvalue weighted by molar-refractivity contribution is -0.120. The van der Waals surface area contributed by atoms with Crippen molar-refractivity contribution in [3.63, 3.8) is 0 Å². The fourth-order valence-electron chi connectivity index (χ4n) is 3.66. The zero-order chi connectivity index (χ0) is 18.3. The first-order valence-corrected chi connectivity index (χ1v) is 8.80. The molecule has 4 rings (SSSR count). The van der Waals surface area contributed by atoms with Gasteiger partial charge >= 0.3 is 0 Å². The highest BCUT2D eigenvalue weighted by Gasteiger charge is 2.34. The number of hydrogen-bond acceptors (Lipinski definition) is 4. The van der Waals surface area contributed by atoms with E-state index in [0.29, 0.717) is 6.54 Å². The summed E-state index contributed by atoms with van der Waals surface area (Å²) >= 11 is 0. The van der Waals surface area contributed by atoms with Crippen LogP contribution in [0.4, 0.5) is 5.82 Å². The van der Waals surface area contributed by atoms with Gasteiger partial charge in [0.25, 0.3) is 0 Å². The summed E-state index contributed by atoms with van der Waals surface area (Å²) in [4.78, 5) is 19.4. The number of H-pyrrole nitrogens is 1. The second-order valence-corrected chi connectivity index (χ2v) is 6.87. The number of nitrogens with zero attached hydrogens (tertiary/aromatic N) is 5. The second kappa shape index (κ2) is 6.40. The van der Waals surface area contributed by atoms with E-state index < -0.39 is 0 Å². The Hall–Kier alpha value is -2.96. The predicted molar refractivity (Wildman–Crippen MR) is 98.7 cm³/mol. The number of aromatic amines is 1. The predicted octanol–water partition coefficient (Wildman–Crippen LogP) is 2.42. The molecule has 7 nitrogen and oxygen atoms in total. The van der Waals surface area contributed by atoms with Gasteiger partial charge < -0.3 is 0 Å². The van der Waals surface area contributed by atoms with Gasteiger partial charge in [-0.15, -0.1) is 0 Å². The summed E-state index contributed by atoms with van der Waals surface area (Å²) in [6, 6.07) is 5.98. The molecule has 1 saturated heterocycles. The lowest BCUT2D eigenvalue weighted by atomic mass is 10.0. The number of pyridine rings is 1. The zero-order valence-corrected chi connectivity index (χ0v) is 15.2. The third-order valence-electron chi connectivity index (χ3n) is 5.03. The summed E-state index contributed by atoms with van der Waals surface area (Å²) < 4.78 is 1.87. The van der Waals surface area contributed by atoms with E-state index in [1.807, 2.05) is 43.9 Å². The van der Waals surface area contributed by atoms with Crippen molar-refractivity contribution >= 4 is 11.7 Å². The maximum Gasteiger partial charge on any atom is 0.231 e. The summed E-state index contributed by atoms with van der Waals surface area (Å²) in [7, 11) is 1.93. The van der Waals surface area contributed by atoms with Crippen LogP contribution < -0.4 is 4.90 Å². The molecule has 0 saturated carbocycles. The quantitative estimate of drug-likeness (QED) is 0.784. The molecule has 3 aromatic rings. The minimum atomic E-state index is -0.0135. The average Bonchev–Trinajstić information content (AvgIpc) is 3.31. The SMILES string of the molecule is Cc1cc(CC2CCN(c3ccc(-c4cn[nH]c4)c(C)n3)C2=O)n(C)n1. The van der Waals surface area contributed by atoms with Gasteiger partial charge in [0, 0.05) is 54.6 Å². The van der Waals surface area contributed by atoms with Crippen LogP contribution in [0.1, 0.15) is 23.5 Å². The summed E-state index contributed by atoms with van der Waals surface area (Å²) in [6.45, 7) is 4.64. The molecule has 0 radical (unpaired) electrons. The number of aromatic nitrogens is 5. The Kier molecular flexibility index (Phi) is 4.06. The maximum absolute atomic E-state index is 12.9. The molecule has 0 bridgehead atoms. The number of carbonyl (C=O) groups excluding carboxylic acids is 1. The van der Waals surface area contributed by atoms with E-state index in [2.05, 4.69) is 26.3 Å². The van der Waals surface area contributed by atoms with Gasteiger partial charge in [-0.1, -0.05) is 0 Å². The molecule has 0 spiro atoms. The summed E-state index contributed by atoms with van der Waals surface area (Å²) in [5.74, 6) is 0.857. The largest absolute Gasteiger partial charge is 0.297 e. The van der Waals surface area contributed by atoms with Crippen molar-refractivity contribution < 1.29 is 4.79 Å². The zero-order valence-electron chi connectivity index (χ0n) is 15.2. The molecule has 0 aromatic carbocycles. The van der Waals surface area contributed by atoms with Crippen molar-refractivity contribution in [2.75, 3.05) is 11.4 Å². The first kappa shape index (κ1) is 16.5. The van der Waals surface area contributed by atoms with Gasteiger partial charge in [0.05, 0.1) is 11.9 Å². The minimum absolute atomic E-state index is 0.0135. The van der Waals surface area contributed by atoms with Gasteiger partial charge in [-0.25, -0.2) is 4.98 Å². The number of carbonyl (C=O) groups is 1. The first-order valence-electron chi connectivity index (χ1n) is 8.80. The van der Waals surface area contributed by atoms with Crippen molar-refractivity contribution in [1.29, 1.82) is 0 Å². The highest BCUT2D eigenvalue weighted by molar-refractivity contribution is 5.96. The van der Waals surface area contributed by atoms with E-state index >= 15 is 0 Å². The van der Waals surface area contributed by atoms with Crippen molar-refractivity contribution in [3.8, 4) is 11.1 Å². The lowest BCUT2D eigenvalue weighted by Gasteiger charge is -2.17. The summed E-state index contributed by atoms with van der Waals surface area (Å²) in [5, 5.41) is 11.2. The van der Waals surface area contributed by atoms with Crippen LogP contribution in [0.2, 0.25) is 0 Å². The standard InChI is InChI=1S/C19H22N6O/c1-12-8-16(24(3)23-12)9-14-6-7-25(19(14)26)18-5-4-17(13(2)22-18)15-10-20-21-11-15/h4-5,8,10-11,14H,6-7,9H2,1-3H3,(H,20,21). The van der Waals surface area contributed by atoms with Crippen LogP contribution in [0.5, 0.6) is 0 Å². The van der Waals surface area contributed by atoms with Crippen LogP contribution >= 0.6 is 0 Å². The lowest BCUT2D eigenvalue weighted by Crippen LogP contribution is -2.29. The molecule has 1 fully saturated rings. The Morgan fingerprint density at radius 3 is 2.81 bits per heavy atom. The van der Waals surface area contributed by atoms with Crippen LogP contribution in [0.3, 0.4) is 0 Å². The van der Waals surface area contributed by atoms with Crippen molar-refractivity contribution in [2.24, 2.45) is 13.0 Å². The van der Waals surface area contributed by atoms with Crippen LogP contribution in [0.15, 0.2) is 30.6 Å². The van der Waals surface area contributed by atoms with Gasteiger partial charge in [-0.05, 0) is 38.5 Å². The Labute approximate surface area is 152 Å². The Morgan fingerprint density at radius 2 is 2.15 bits per heavy atom. The van der Waals surface area contributed by atoms with Gasteiger partial charge in [0.15, 0.2) is 0 Å². The number of anilines is 1. The third kappa shape index (κ3) is 2.89. The second-order valence-electron chi connectivity index (χ2n) is 6.87. The van der Waals surface area contributed by atoms with Crippen molar-refractivity contribution in [1.82, 2.24) is 25.0 Å². The topological polar surface area (TPSA) is 79.7 Å². The first-order chi connectivity index (χ1) is 12.5. The molecule has 1 aliphatic heterocycles. The van der Waals surface area contributed by atoms with Crippen molar-refractivity contribution in [2.45, 2.75) is 26.7 Å². The third-order valence-corrected chi connectivity index (χ3v) is 5.03. The number of rotatable bonds is 4. The number of hydrogen-bond donors (Lipinski definition) is 1.